The van der Waals surface area contributed by atoms with Crippen molar-refractivity contribution in [3.63, 3.8) is 0 Å². The number of aromatic nitrogens is 1. The van der Waals surface area contributed by atoms with E-state index in [9.17, 15) is 4.79 Å². The summed E-state index contributed by atoms with van der Waals surface area (Å²) in [6.45, 7) is 9.66. The smallest absolute Gasteiger partial charge is 0.272 e. The summed E-state index contributed by atoms with van der Waals surface area (Å²) < 4.78 is 0. The minimum absolute atomic E-state index is 0.0187. The summed E-state index contributed by atoms with van der Waals surface area (Å²) in [7, 11) is 0. The number of amides is 1. The summed E-state index contributed by atoms with van der Waals surface area (Å²) in [4.78, 5) is 18.4. The van der Waals surface area contributed by atoms with Gasteiger partial charge >= 0.3 is 0 Å². The molecule has 24 heavy (non-hydrogen) atoms. The number of carbonyl (C=O) groups is 1. The van der Waals surface area contributed by atoms with Crippen molar-refractivity contribution in [3.05, 3.63) is 53.3 Å². The maximum atomic E-state index is 12.3. The van der Waals surface area contributed by atoms with E-state index in [4.69, 9.17) is 0 Å². The van der Waals surface area contributed by atoms with Gasteiger partial charge in [0.1, 0.15) is 5.69 Å². The summed E-state index contributed by atoms with van der Waals surface area (Å²) in [6.07, 6.45) is 3.69. The van der Waals surface area contributed by atoms with Crippen LogP contribution in [0.5, 0.6) is 0 Å². The van der Waals surface area contributed by atoms with Crippen molar-refractivity contribution in [2.75, 3.05) is 18.4 Å². The van der Waals surface area contributed by atoms with Crippen molar-refractivity contribution in [3.8, 4) is 0 Å². The molecule has 0 fully saturated rings. The Hall–Kier alpha value is -2.36. The van der Waals surface area contributed by atoms with Gasteiger partial charge in [-0.05, 0) is 49.9 Å². The van der Waals surface area contributed by atoms with E-state index in [2.05, 4.69) is 42.3 Å². The number of nitrogens with one attached hydrogen (secondary N) is 1. The number of aryl methyl sites for hydroxylation is 2. The molecule has 0 atom stereocenters. The van der Waals surface area contributed by atoms with Gasteiger partial charge in [0, 0.05) is 18.8 Å². The molecule has 1 amide bonds. The quantitative estimate of drug-likeness (QED) is 0.819. The van der Waals surface area contributed by atoms with Gasteiger partial charge in [-0.25, -0.2) is 4.98 Å². The molecular weight excluding hydrogens is 298 g/mol. The Bertz CT molecular complexity index is 654. The van der Waals surface area contributed by atoms with E-state index in [-0.39, 0.29) is 5.91 Å². The highest BCUT2D eigenvalue weighted by molar-refractivity contribution is 5.92. The van der Waals surface area contributed by atoms with Crippen LogP contribution in [0.25, 0.3) is 0 Å². The van der Waals surface area contributed by atoms with Crippen molar-refractivity contribution in [1.29, 1.82) is 0 Å². The van der Waals surface area contributed by atoms with Crippen molar-refractivity contribution >= 4 is 17.3 Å². The lowest BCUT2D eigenvalue weighted by Crippen LogP contribution is -2.31. The lowest BCUT2D eigenvalue weighted by atomic mass is 10.0. The van der Waals surface area contributed by atoms with Crippen LogP contribution in [0.15, 0.2) is 36.5 Å². The van der Waals surface area contributed by atoms with Crippen LogP contribution in [0.2, 0.25) is 0 Å². The molecule has 0 saturated heterocycles. The number of carbonyl (C=O) groups excluding carboxylic acids is 1. The third-order valence-electron chi connectivity index (χ3n) is 4.30. The van der Waals surface area contributed by atoms with Gasteiger partial charge in [-0.15, -0.1) is 0 Å². The highest BCUT2D eigenvalue weighted by Gasteiger charge is 2.14. The Morgan fingerprint density at radius 2 is 1.62 bits per heavy atom. The highest BCUT2D eigenvalue weighted by Crippen LogP contribution is 2.26. The molecule has 1 aromatic carbocycles. The minimum atomic E-state index is -0.0187. The lowest BCUT2D eigenvalue weighted by molar-refractivity contribution is 0.0767. The first-order valence-corrected chi connectivity index (χ1v) is 8.77. The molecule has 0 spiro atoms. The van der Waals surface area contributed by atoms with E-state index in [1.807, 2.05) is 19.9 Å². The Morgan fingerprint density at radius 1 is 1.00 bits per heavy atom. The molecule has 4 heteroatoms. The molecular formula is C20H27N3O. The van der Waals surface area contributed by atoms with Crippen LogP contribution in [-0.2, 0) is 12.8 Å². The van der Waals surface area contributed by atoms with E-state index < -0.39 is 0 Å². The number of hydrogen-bond acceptors (Lipinski definition) is 3. The topological polar surface area (TPSA) is 45.2 Å². The average Bonchev–Trinajstić information content (AvgIpc) is 2.63. The second-order valence-corrected chi connectivity index (χ2v) is 5.69. The first-order chi connectivity index (χ1) is 11.6. The predicted molar refractivity (Wildman–Crippen MR) is 100.0 cm³/mol. The summed E-state index contributed by atoms with van der Waals surface area (Å²) in [6, 6.07) is 10.1. The number of benzene rings is 1. The fraction of sp³-hybridized carbons (Fsp3) is 0.400. The van der Waals surface area contributed by atoms with Crippen molar-refractivity contribution < 1.29 is 4.79 Å². The number of nitrogens with zero attached hydrogens (tertiary/aromatic N) is 2. The molecule has 0 bridgehead atoms. The highest BCUT2D eigenvalue weighted by atomic mass is 16.2. The van der Waals surface area contributed by atoms with E-state index in [0.29, 0.717) is 18.8 Å². The van der Waals surface area contributed by atoms with Gasteiger partial charge in [-0.3, -0.25) is 4.79 Å². The number of rotatable bonds is 7. The summed E-state index contributed by atoms with van der Waals surface area (Å²) in [5.41, 5.74) is 5.13. The minimum Gasteiger partial charge on any atom is -0.354 e. The first-order valence-electron chi connectivity index (χ1n) is 8.77. The van der Waals surface area contributed by atoms with Crippen molar-refractivity contribution in [1.82, 2.24) is 9.88 Å². The number of anilines is 2. The lowest BCUT2D eigenvalue weighted by Gasteiger charge is -2.18. The van der Waals surface area contributed by atoms with Gasteiger partial charge in [-0.1, -0.05) is 32.0 Å². The largest absolute Gasteiger partial charge is 0.354 e. The molecule has 2 rings (SSSR count). The van der Waals surface area contributed by atoms with E-state index >= 15 is 0 Å². The molecule has 1 N–H and O–H groups in total. The molecule has 0 unspecified atom stereocenters. The molecule has 1 heterocycles. The normalized spacial score (nSPS) is 10.5. The zero-order valence-electron chi connectivity index (χ0n) is 15.1. The number of hydrogen-bond donors (Lipinski definition) is 1. The monoisotopic (exact) mass is 325 g/mol. The Kier molecular flexibility index (Phi) is 6.36. The van der Waals surface area contributed by atoms with Crippen molar-refractivity contribution in [2.24, 2.45) is 0 Å². The molecule has 2 aromatic rings. The fourth-order valence-electron chi connectivity index (χ4n) is 2.81. The molecule has 0 radical (unpaired) electrons. The predicted octanol–water partition coefficient (Wildman–Crippen LogP) is 4.43. The Morgan fingerprint density at radius 3 is 2.08 bits per heavy atom. The molecule has 128 valence electrons. The fourth-order valence-corrected chi connectivity index (χ4v) is 2.81. The van der Waals surface area contributed by atoms with Gasteiger partial charge in [0.2, 0.25) is 0 Å². The number of pyridine rings is 1. The standard InChI is InChI=1S/C20H27N3O/c1-5-15-10-9-11-16(6-2)19(15)22-17-12-13-18(21-14-17)20(24)23(7-3)8-4/h9-14,22H,5-8H2,1-4H3. The van der Waals surface area contributed by atoms with Gasteiger partial charge < -0.3 is 10.2 Å². The second kappa shape index (κ2) is 8.48. The van der Waals surface area contributed by atoms with Gasteiger partial charge in [0.25, 0.3) is 5.91 Å². The van der Waals surface area contributed by atoms with Crippen LogP contribution >= 0.6 is 0 Å². The van der Waals surface area contributed by atoms with Gasteiger partial charge in [0.15, 0.2) is 0 Å². The third kappa shape index (κ3) is 3.94. The van der Waals surface area contributed by atoms with Crippen molar-refractivity contribution in [2.45, 2.75) is 40.5 Å². The molecule has 1 aromatic heterocycles. The molecule has 4 nitrogen and oxygen atoms in total. The zero-order chi connectivity index (χ0) is 17.5. The van der Waals surface area contributed by atoms with Crippen LogP contribution in [0, 0.1) is 0 Å². The third-order valence-corrected chi connectivity index (χ3v) is 4.30. The van der Waals surface area contributed by atoms with Crippen LogP contribution in [-0.4, -0.2) is 28.9 Å². The summed E-state index contributed by atoms with van der Waals surface area (Å²) in [5.74, 6) is -0.0187. The van der Waals surface area contributed by atoms with E-state index in [0.717, 1.165) is 24.2 Å². The van der Waals surface area contributed by atoms with Gasteiger partial charge in [-0.2, -0.15) is 0 Å². The maximum absolute atomic E-state index is 12.3. The maximum Gasteiger partial charge on any atom is 0.272 e. The Balaban J connectivity index is 2.23. The summed E-state index contributed by atoms with van der Waals surface area (Å²) >= 11 is 0. The van der Waals surface area contributed by atoms with Gasteiger partial charge in [0.05, 0.1) is 11.9 Å². The van der Waals surface area contributed by atoms with E-state index in [1.54, 1.807) is 17.2 Å². The van der Waals surface area contributed by atoms with E-state index in [1.165, 1.54) is 11.1 Å². The average molecular weight is 325 g/mol. The molecule has 0 saturated carbocycles. The van der Waals surface area contributed by atoms with Crippen LogP contribution in [0.1, 0.15) is 49.3 Å². The van der Waals surface area contributed by atoms with Crippen LogP contribution in [0.3, 0.4) is 0 Å². The van der Waals surface area contributed by atoms with Crippen LogP contribution in [0.4, 0.5) is 11.4 Å². The number of para-hydroxylation sites is 1. The summed E-state index contributed by atoms with van der Waals surface area (Å²) in [5, 5.41) is 3.48. The molecule has 0 aliphatic rings. The zero-order valence-corrected chi connectivity index (χ0v) is 15.1. The SMILES string of the molecule is CCc1cccc(CC)c1Nc1ccc(C(=O)N(CC)CC)nc1. The Labute approximate surface area is 144 Å². The molecule has 0 aliphatic carbocycles. The molecule has 0 aliphatic heterocycles. The second-order valence-electron chi connectivity index (χ2n) is 5.69. The first kappa shape index (κ1) is 18.0. The van der Waals surface area contributed by atoms with Crippen LogP contribution < -0.4 is 5.32 Å².